The van der Waals surface area contributed by atoms with Crippen LogP contribution in [0.25, 0.3) is 0 Å². The quantitative estimate of drug-likeness (QED) is 0.0471. The Balaban J connectivity index is 5.72. The number of nitrogens with two attached hydrogens (primary N) is 2. The summed E-state index contributed by atoms with van der Waals surface area (Å²) in [6.07, 6.45) is -0.936. The predicted octanol–water partition coefficient (Wildman–Crippen LogP) is -3.65. The molecule has 46 heavy (non-hydrogen) atoms. The van der Waals surface area contributed by atoms with Gasteiger partial charge in [-0.2, -0.15) is 0 Å². The van der Waals surface area contributed by atoms with Crippen LogP contribution in [0.4, 0.5) is 0 Å². The largest absolute Gasteiger partial charge is 0.481 e. The summed E-state index contributed by atoms with van der Waals surface area (Å²) in [5.41, 5.74) is 11.2. The SMILES string of the molecule is CC(NC(=O)C(CO)NC(=O)C(CCCCN)NC(=O)C(CCC(=O)O)NC(=O)C(N)CCC(=O)O)C(=O)NC(C(=O)O)C(C)C. The molecular weight excluding hydrogens is 614 g/mol. The Kier molecular flexibility index (Phi) is 19.4. The number of carbonyl (C=O) groups is 8. The second-order valence-corrected chi connectivity index (χ2v) is 10.9. The molecule has 0 radical (unpaired) electrons. The Morgan fingerprint density at radius 1 is 0.609 bits per heavy atom. The standard InChI is InChI=1S/C27H47N7O12/c1-13(2)21(27(45)46)34-22(40)14(3)30-26(44)18(12-35)33-24(42)16(6-4-5-11-28)32-25(43)17(8-10-20(38)39)31-23(41)15(29)7-9-19(36)37/h13-18,21,35H,4-12,28-29H2,1-3H3,(H,30,44)(H,31,41)(H,32,43)(H,33,42)(H,34,40)(H,36,37)(H,38,39)(H,45,46). The molecule has 0 aromatic rings. The van der Waals surface area contributed by atoms with Gasteiger partial charge in [-0.1, -0.05) is 13.8 Å². The van der Waals surface area contributed by atoms with Crippen molar-refractivity contribution < 1.29 is 58.8 Å². The lowest BCUT2D eigenvalue weighted by atomic mass is 10.0. The minimum absolute atomic E-state index is 0.0170. The third-order valence-electron chi connectivity index (χ3n) is 6.66. The van der Waals surface area contributed by atoms with E-state index in [0.29, 0.717) is 12.8 Å². The van der Waals surface area contributed by atoms with Gasteiger partial charge in [-0.15, -0.1) is 0 Å². The first kappa shape index (κ1) is 41.6. The van der Waals surface area contributed by atoms with Crippen molar-refractivity contribution in [3.63, 3.8) is 0 Å². The van der Waals surface area contributed by atoms with Gasteiger partial charge in [-0.3, -0.25) is 33.6 Å². The highest BCUT2D eigenvalue weighted by Gasteiger charge is 2.32. The molecule has 0 heterocycles. The first-order valence-corrected chi connectivity index (χ1v) is 14.7. The summed E-state index contributed by atoms with van der Waals surface area (Å²) < 4.78 is 0. The molecule has 0 rings (SSSR count). The molecule has 6 unspecified atom stereocenters. The molecule has 6 atom stereocenters. The highest BCUT2D eigenvalue weighted by molar-refractivity contribution is 5.96. The van der Waals surface area contributed by atoms with Crippen LogP contribution in [0, 0.1) is 5.92 Å². The van der Waals surface area contributed by atoms with Gasteiger partial charge >= 0.3 is 17.9 Å². The predicted molar refractivity (Wildman–Crippen MR) is 160 cm³/mol. The number of rotatable bonds is 23. The van der Waals surface area contributed by atoms with Gasteiger partial charge in [0, 0.05) is 12.8 Å². The molecule has 0 spiro atoms. The molecule has 19 heteroatoms. The minimum atomic E-state index is -1.60. The summed E-state index contributed by atoms with van der Waals surface area (Å²) in [6, 6.07) is -8.27. The Morgan fingerprint density at radius 2 is 1.09 bits per heavy atom. The lowest BCUT2D eigenvalue weighted by molar-refractivity contribution is -0.143. The lowest BCUT2D eigenvalue weighted by Gasteiger charge is -2.26. The maximum atomic E-state index is 13.2. The molecule has 0 aliphatic carbocycles. The number of aliphatic hydroxyl groups excluding tert-OH is 1. The van der Waals surface area contributed by atoms with Gasteiger partial charge in [0.15, 0.2) is 0 Å². The van der Waals surface area contributed by atoms with Crippen molar-refractivity contribution in [2.24, 2.45) is 17.4 Å². The number of unbranched alkanes of at least 4 members (excludes halogenated alkanes) is 1. The van der Waals surface area contributed by atoms with Gasteiger partial charge in [0.05, 0.1) is 12.6 Å². The smallest absolute Gasteiger partial charge is 0.326 e. The maximum Gasteiger partial charge on any atom is 0.326 e. The van der Waals surface area contributed by atoms with Gasteiger partial charge in [-0.25, -0.2) is 4.79 Å². The third-order valence-corrected chi connectivity index (χ3v) is 6.66. The summed E-state index contributed by atoms with van der Waals surface area (Å²) in [6.45, 7) is 3.72. The minimum Gasteiger partial charge on any atom is -0.481 e. The number of aliphatic hydroxyl groups is 1. The van der Waals surface area contributed by atoms with Crippen LogP contribution in [0.1, 0.15) is 65.7 Å². The summed E-state index contributed by atoms with van der Waals surface area (Å²) >= 11 is 0. The fraction of sp³-hybridized carbons (Fsp3) is 0.704. The van der Waals surface area contributed by atoms with E-state index in [0.717, 1.165) is 0 Å². The number of aliphatic carboxylic acids is 3. The Hall–Kier alpha value is -4.36. The number of hydrogen-bond acceptors (Lipinski definition) is 11. The lowest BCUT2D eigenvalue weighted by Crippen LogP contribution is -2.59. The number of amides is 5. The molecule has 0 aliphatic heterocycles. The molecule has 0 bridgehead atoms. The van der Waals surface area contributed by atoms with E-state index in [1.807, 2.05) is 0 Å². The first-order chi connectivity index (χ1) is 21.4. The average Bonchev–Trinajstić information content (AvgIpc) is 2.97. The fourth-order valence-corrected chi connectivity index (χ4v) is 3.90. The van der Waals surface area contributed by atoms with E-state index < -0.39 is 115 Å². The molecule has 0 aromatic heterocycles. The second-order valence-electron chi connectivity index (χ2n) is 10.9. The Morgan fingerprint density at radius 3 is 1.57 bits per heavy atom. The Bertz CT molecular complexity index is 1090. The van der Waals surface area contributed by atoms with E-state index in [-0.39, 0.29) is 19.4 Å². The van der Waals surface area contributed by atoms with E-state index in [1.54, 1.807) is 13.8 Å². The zero-order valence-electron chi connectivity index (χ0n) is 26.1. The van der Waals surface area contributed by atoms with Crippen LogP contribution in [-0.2, 0) is 38.4 Å². The monoisotopic (exact) mass is 661 g/mol. The topological polar surface area (TPSA) is 330 Å². The van der Waals surface area contributed by atoms with Crippen LogP contribution in [0.3, 0.4) is 0 Å². The highest BCUT2D eigenvalue weighted by atomic mass is 16.4. The molecule has 0 fully saturated rings. The molecule has 5 amide bonds. The number of nitrogens with one attached hydrogen (secondary N) is 5. The van der Waals surface area contributed by atoms with Crippen molar-refractivity contribution in [2.45, 2.75) is 102 Å². The van der Waals surface area contributed by atoms with Gasteiger partial charge in [0.25, 0.3) is 0 Å². The molecule has 13 N–H and O–H groups in total. The van der Waals surface area contributed by atoms with Crippen molar-refractivity contribution in [1.29, 1.82) is 0 Å². The molecule has 0 aromatic carbocycles. The fourth-order valence-electron chi connectivity index (χ4n) is 3.90. The van der Waals surface area contributed by atoms with Crippen LogP contribution in [0.15, 0.2) is 0 Å². The van der Waals surface area contributed by atoms with Crippen LogP contribution in [-0.4, -0.2) is 117 Å². The Labute approximate surface area is 265 Å². The summed E-state index contributed by atoms with van der Waals surface area (Å²) in [5, 5.41) is 48.5. The van der Waals surface area contributed by atoms with Crippen LogP contribution in [0.5, 0.6) is 0 Å². The van der Waals surface area contributed by atoms with Gasteiger partial charge < -0.3 is 58.5 Å². The van der Waals surface area contributed by atoms with E-state index >= 15 is 0 Å². The van der Waals surface area contributed by atoms with E-state index in [4.69, 9.17) is 21.7 Å². The van der Waals surface area contributed by atoms with E-state index in [9.17, 15) is 48.6 Å². The van der Waals surface area contributed by atoms with Gasteiger partial charge in [-0.05, 0) is 51.5 Å². The first-order valence-electron chi connectivity index (χ1n) is 14.7. The highest BCUT2D eigenvalue weighted by Crippen LogP contribution is 2.07. The van der Waals surface area contributed by atoms with Gasteiger partial charge in [0.1, 0.15) is 30.2 Å². The number of carboxylic acid groups (broad SMARTS) is 3. The summed E-state index contributed by atoms with van der Waals surface area (Å²) in [5.74, 6) is -8.91. The number of hydrogen-bond donors (Lipinski definition) is 11. The van der Waals surface area contributed by atoms with E-state index in [1.165, 1.54) is 6.92 Å². The van der Waals surface area contributed by atoms with Crippen molar-refractivity contribution >= 4 is 47.4 Å². The molecule has 0 saturated carbocycles. The van der Waals surface area contributed by atoms with Gasteiger partial charge in [0.2, 0.25) is 29.5 Å². The normalized spacial score (nSPS) is 14.8. The number of carboxylic acids is 3. The summed E-state index contributed by atoms with van der Waals surface area (Å²) in [4.78, 5) is 97.4. The van der Waals surface area contributed by atoms with Crippen LogP contribution >= 0.6 is 0 Å². The third kappa shape index (κ3) is 16.1. The van der Waals surface area contributed by atoms with Crippen molar-refractivity contribution in [2.75, 3.05) is 13.2 Å². The van der Waals surface area contributed by atoms with Crippen molar-refractivity contribution in [3.8, 4) is 0 Å². The number of carbonyl (C=O) groups excluding carboxylic acids is 5. The summed E-state index contributed by atoms with van der Waals surface area (Å²) in [7, 11) is 0. The molecule has 262 valence electrons. The van der Waals surface area contributed by atoms with Crippen molar-refractivity contribution in [1.82, 2.24) is 26.6 Å². The maximum absolute atomic E-state index is 13.2. The van der Waals surface area contributed by atoms with Crippen LogP contribution < -0.4 is 38.1 Å². The average molecular weight is 662 g/mol. The molecule has 19 nitrogen and oxygen atoms in total. The zero-order valence-corrected chi connectivity index (χ0v) is 26.1. The van der Waals surface area contributed by atoms with Crippen molar-refractivity contribution in [3.05, 3.63) is 0 Å². The molecule has 0 aliphatic rings. The molecular formula is C27H47N7O12. The van der Waals surface area contributed by atoms with E-state index in [2.05, 4.69) is 26.6 Å². The van der Waals surface area contributed by atoms with Crippen LogP contribution in [0.2, 0.25) is 0 Å². The zero-order chi connectivity index (χ0) is 35.6. The second kappa shape index (κ2) is 21.4. The molecule has 0 saturated heterocycles.